The predicted octanol–water partition coefficient (Wildman–Crippen LogP) is 3.12. The van der Waals surface area contributed by atoms with Crippen molar-refractivity contribution in [3.8, 4) is 11.5 Å². The number of para-hydroxylation sites is 2. The Balaban J connectivity index is 2.06. The standard InChI is InChI=1S/C16H16O4/c1-12(16(17)18)20-15-10-6-5-9-14(15)19-11-13-7-3-2-4-8-13/h2-10,12H,11H2,1H3,(H,17,18)/t12-/m1/s1. The van der Waals surface area contributed by atoms with E-state index in [-0.39, 0.29) is 0 Å². The van der Waals surface area contributed by atoms with Gasteiger partial charge in [-0.15, -0.1) is 0 Å². The van der Waals surface area contributed by atoms with Gasteiger partial charge < -0.3 is 14.6 Å². The van der Waals surface area contributed by atoms with E-state index in [0.29, 0.717) is 18.1 Å². The van der Waals surface area contributed by atoms with Crippen LogP contribution in [0.4, 0.5) is 0 Å². The Kier molecular flexibility index (Phi) is 4.60. The number of aliphatic carboxylic acids is 1. The van der Waals surface area contributed by atoms with E-state index in [9.17, 15) is 4.79 Å². The lowest BCUT2D eigenvalue weighted by molar-refractivity contribution is -0.144. The Morgan fingerprint density at radius 2 is 1.65 bits per heavy atom. The largest absolute Gasteiger partial charge is 0.485 e. The first-order chi connectivity index (χ1) is 9.66. The maximum Gasteiger partial charge on any atom is 0.344 e. The van der Waals surface area contributed by atoms with Crippen molar-refractivity contribution >= 4 is 5.97 Å². The van der Waals surface area contributed by atoms with Crippen LogP contribution in [0.1, 0.15) is 12.5 Å². The van der Waals surface area contributed by atoms with E-state index in [0.717, 1.165) is 5.56 Å². The Labute approximate surface area is 117 Å². The molecule has 0 aliphatic rings. The third kappa shape index (κ3) is 3.75. The molecule has 2 aromatic rings. The van der Waals surface area contributed by atoms with Gasteiger partial charge in [0.2, 0.25) is 0 Å². The first-order valence-corrected chi connectivity index (χ1v) is 6.32. The van der Waals surface area contributed by atoms with Crippen LogP contribution < -0.4 is 9.47 Å². The van der Waals surface area contributed by atoms with Crippen molar-refractivity contribution in [2.75, 3.05) is 0 Å². The fourth-order valence-corrected chi connectivity index (χ4v) is 1.64. The summed E-state index contributed by atoms with van der Waals surface area (Å²) in [4.78, 5) is 10.8. The summed E-state index contributed by atoms with van der Waals surface area (Å²) in [6.07, 6.45) is -0.920. The monoisotopic (exact) mass is 272 g/mol. The summed E-state index contributed by atoms with van der Waals surface area (Å²) in [5, 5.41) is 8.88. The highest BCUT2D eigenvalue weighted by Gasteiger charge is 2.15. The Morgan fingerprint density at radius 1 is 1.05 bits per heavy atom. The molecule has 4 nitrogen and oxygen atoms in total. The number of benzene rings is 2. The number of carboxylic acids is 1. The van der Waals surface area contributed by atoms with Crippen molar-refractivity contribution in [2.24, 2.45) is 0 Å². The Bertz CT molecular complexity index is 566. The van der Waals surface area contributed by atoms with Gasteiger partial charge in [-0.3, -0.25) is 0 Å². The van der Waals surface area contributed by atoms with Crippen molar-refractivity contribution in [1.82, 2.24) is 0 Å². The van der Waals surface area contributed by atoms with E-state index in [2.05, 4.69) is 0 Å². The van der Waals surface area contributed by atoms with Crippen LogP contribution in [-0.4, -0.2) is 17.2 Å². The molecule has 2 rings (SSSR count). The van der Waals surface area contributed by atoms with Crippen LogP contribution in [-0.2, 0) is 11.4 Å². The molecule has 0 aliphatic heterocycles. The third-order valence-corrected chi connectivity index (χ3v) is 2.74. The van der Waals surface area contributed by atoms with E-state index >= 15 is 0 Å². The van der Waals surface area contributed by atoms with Gasteiger partial charge >= 0.3 is 5.97 Å². The second-order valence-electron chi connectivity index (χ2n) is 4.32. The summed E-state index contributed by atoms with van der Waals surface area (Å²) in [5.74, 6) is -0.0503. The molecule has 0 saturated heterocycles. The van der Waals surface area contributed by atoms with Gasteiger partial charge in [0.05, 0.1) is 0 Å². The SMILES string of the molecule is C[C@@H](Oc1ccccc1OCc1ccccc1)C(=O)O. The van der Waals surface area contributed by atoms with Crippen molar-refractivity contribution in [2.45, 2.75) is 19.6 Å². The minimum Gasteiger partial charge on any atom is -0.485 e. The fourth-order valence-electron chi connectivity index (χ4n) is 1.64. The molecule has 1 atom stereocenters. The molecular formula is C16H16O4. The molecule has 0 spiro atoms. The molecule has 0 bridgehead atoms. The maximum absolute atomic E-state index is 10.8. The number of carbonyl (C=O) groups is 1. The number of ether oxygens (including phenoxy) is 2. The summed E-state index contributed by atoms with van der Waals surface area (Å²) >= 11 is 0. The van der Waals surface area contributed by atoms with Gasteiger partial charge in [-0.2, -0.15) is 0 Å². The van der Waals surface area contributed by atoms with Crippen molar-refractivity contribution in [3.63, 3.8) is 0 Å². The molecule has 104 valence electrons. The first-order valence-electron chi connectivity index (χ1n) is 6.32. The summed E-state index contributed by atoms with van der Waals surface area (Å²) < 4.78 is 11.1. The summed E-state index contributed by atoms with van der Waals surface area (Å²) in [5.41, 5.74) is 1.04. The molecule has 0 fully saturated rings. The third-order valence-electron chi connectivity index (χ3n) is 2.74. The van der Waals surface area contributed by atoms with E-state index in [1.54, 1.807) is 18.2 Å². The van der Waals surface area contributed by atoms with Gasteiger partial charge in [0.15, 0.2) is 17.6 Å². The van der Waals surface area contributed by atoms with Crippen LogP contribution >= 0.6 is 0 Å². The van der Waals surface area contributed by atoms with Gasteiger partial charge in [0.25, 0.3) is 0 Å². The van der Waals surface area contributed by atoms with Crippen LogP contribution in [0.15, 0.2) is 54.6 Å². The number of hydrogen-bond acceptors (Lipinski definition) is 3. The predicted molar refractivity (Wildman–Crippen MR) is 74.9 cm³/mol. The van der Waals surface area contributed by atoms with Crippen LogP contribution in [0, 0.1) is 0 Å². The lowest BCUT2D eigenvalue weighted by atomic mass is 10.2. The molecule has 1 N–H and O–H groups in total. The molecule has 20 heavy (non-hydrogen) atoms. The topological polar surface area (TPSA) is 55.8 Å². The van der Waals surface area contributed by atoms with E-state index in [4.69, 9.17) is 14.6 Å². The molecule has 0 saturated carbocycles. The highest BCUT2D eigenvalue weighted by atomic mass is 16.5. The molecule has 0 radical (unpaired) electrons. The van der Waals surface area contributed by atoms with Gasteiger partial charge in [-0.05, 0) is 24.6 Å². The molecule has 0 amide bonds. The van der Waals surface area contributed by atoms with Crippen molar-refractivity contribution in [1.29, 1.82) is 0 Å². The number of rotatable bonds is 6. The lowest BCUT2D eigenvalue weighted by Crippen LogP contribution is -2.23. The van der Waals surface area contributed by atoms with Crippen LogP contribution in [0.3, 0.4) is 0 Å². The normalized spacial score (nSPS) is 11.7. The zero-order valence-corrected chi connectivity index (χ0v) is 11.2. The minimum atomic E-state index is -1.01. The summed E-state index contributed by atoms with van der Waals surface area (Å²) in [6, 6.07) is 16.8. The van der Waals surface area contributed by atoms with E-state index in [1.165, 1.54) is 6.92 Å². The smallest absolute Gasteiger partial charge is 0.344 e. The van der Waals surface area contributed by atoms with E-state index in [1.807, 2.05) is 36.4 Å². The average Bonchev–Trinajstić information content (AvgIpc) is 2.47. The van der Waals surface area contributed by atoms with Gasteiger partial charge in [0, 0.05) is 0 Å². The highest BCUT2D eigenvalue weighted by Crippen LogP contribution is 2.28. The minimum absolute atomic E-state index is 0.405. The molecular weight excluding hydrogens is 256 g/mol. The highest BCUT2D eigenvalue weighted by molar-refractivity contribution is 5.72. The number of hydrogen-bond donors (Lipinski definition) is 1. The second kappa shape index (κ2) is 6.61. The first kappa shape index (κ1) is 13.9. The fraction of sp³-hybridized carbons (Fsp3) is 0.188. The van der Waals surface area contributed by atoms with Crippen molar-refractivity contribution < 1.29 is 19.4 Å². The summed E-state index contributed by atoms with van der Waals surface area (Å²) in [7, 11) is 0. The Hall–Kier alpha value is -2.49. The quantitative estimate of drug-likeness (QED) is 0.877. The molecule has 0 aromatic heterocycles. The molecule has 0 aliphatic carbocycles. The molecule has 4 heteroatoms. The number of carboxylic acid groups (broad SMARTS) is 1. The second-order valence-corrected chi connectivity index (χ2v) is 4.32. The van der Waals surface area contributed by atoms with Gasteiger partial charge in [-0.1, -0.05) is 42.5 Å². The van der Waals surface area contributed by atoms with Crippen LogP contribution in [0.25, 0.3) is 0 Å². The Morgan fingerprint density at radius 3 is 2.30 bits per heavy atom. The zero-order valence-electron chi connectivity index (χ0n) is 11.2. The summed E-state index contributed by atoms with van der Waals surface area (Å²) in [6.45, 7) is 1.89. The molecule has 0 heterocycles. The average molecular weight is 272 g/mol. The maximum atomic E-state index is 10.8. The van der Waals surface area contributed by atoms with Crippen LogP contribution in [0.2, 0.25) is 0 Å². The van der Waals surface area contributed by atoms with Crippen molar-refractivity contribution in [3.05, 3.63) is 60.2 Å². The lowest BCUT2D eigenvalue weighted by Gasteiger charge is -2.15. The zero-order chi connectivity index (χ0) is 14.4. The molecule has 0 unspecified atom stereocenters. The van der Waals surface area contributed by atoms with Gasteiger partial charge in [0.1, 0.15) is 6.61 Å². The van der Waals surface area contributed by atoms with E-state index < -0.39 is 12.1 Å². The van der Waals surface area contributed by atoms with Crippen LogP contribution in [0.5, 0.6) is 11.5 Å². The molecule has 2 aromatic carbocycles. The van der Waals surface area contributed by atoms with Gasteiger partial charge in [-0.25, -0.2) is 4.79 Å².